The van der Waals surface area contributed by atoms with Crippen LogP contribution >= 0.6 is 0 Å². The van der Waals surface area contributed by atoms with E-state index in [1.807, 2.05) is 56.3 Å². The number of ether oxygens (including phenoxy) is 1. The van der Waals surface area contributed by atoms with Gasteiger partial charge in [-0.3, -0.25) is 14.7 Å². The number of hydrogen-bond acceptors (Lipinski definition) is 6. The standard InChI is InChI=1S/C25H36N4O3/c1-18-14-29(19(2)17-30)25(31)13-21-12-22(27(3)4)6-7-23(21)32-24(18)16-28(5)15-20-8-10-26-11-9-20/h6-12,18-19,24,30H,13-17H2,1-5H3/t18-,19-,24-/m0/s1. The molecule has 3 rings (SSSR count). The molecule has 0 spiro atoms. The number of likely N-dealkylation sites (N-methyl/N-ethyl adjacent to an activating group) is 1. The van der Waals surface area contributed by atoms with Crippen LogP contribution in [0.15, 0.2) is 42.7 Å². The van der Waals surface area contributed by atoms with E-state index in [1.165, 1.54) is 5.56 Å². The summed E-state index contributed by atoms with van der Waals surface area (Å²) >= 11 is 0. The number of pyridine rings is 1. The van der Waals surface area contributed by atoms with Crippen molar-refractivity contribution in [1.82, 2.24) is 14.8 Å². The van der Waals surface area contributed by atoms with E-state index in [-0.39, 0.29) is 37.0 Å². The van der Waals surface area contributed by atoms with Crippen molar-refractivity contribution in [3.63, 3.8) is 0 Å². The van der Waals surface area contributed by atoms with Gasteiger partial charge in [-0.15, -0.1) is 0 Å². The van der Waals surface area contributed by atoms with Gasteiger partial charge in [-0.2, -0.15) is 0 Å². The van der Waals surface area contributed by atoms with E-state index in [0.29, 0.717) is 13.1 Å². The third kappa shape index (κ3) is 5.99. The molecule has 0 radical (unpaired) electrons. The Morgan fingerprint density at radius 1 is 1.22 bits per heavy atom. The normalized spacial score (nSPS) is 20.1. The van der Waals surface area contributed by atoms with E-state index in [1.54, 1.807) is 17.3 Å². The first kappa shape index (κ1) is 24.0. The second kappa shape index (κ2) is 10.8. The zero-order chi connectivity index (χ0) is 23.3. The molecule has 2 aromatic rings. The van der Waals surface area contributed by atoms with Crippen molar-refractivity contribution in [3.8, 4) is 5.75 Å². The molecule has 1 aromatic carbocycles. The van der Waals surface area contributed by atoms with Crippen molar-refractivity contribution in [2.24, 2.45) is 5.92 Å². The number of anilines is 1. The van der Waals surface area contributed by atoms with Gasteiger partial charge >= 0.3 is 0 Å². The zero-order valence-electron chi connectivity index (χ0n) is 19.9. The second-order valence-corrected chi connectivity index (χ2v) is 9.13. The predicted molar refractivity (Wildman–Crippen MR) is 127 cm³/mol. The van der Waals surface area contributed by atoms with Crippen LogP contribution in [0, 0.1) is 5.92 Å². The molecule has 2 heterocycles. The van der Waals surface area contributed by atoms with Crippen LogP contribution in [0.25, 0.3) is 0 Å². The highest BCUT2D eigenvalue weighted by Gasteiger charge is 2.31. The molecular weight excluding hydrogens is 404 g/mol. The van der Waals surface area contributed by atoms with Crippen LogP contribution in [-0.2, 0) is 17.8 Å². The van der Waals surface area contributed by atoms with Gasteiger partial charge in [0, 0.05) is 63.3 Å². The molecule has 7 nitrogen and oxygen atoms in total. The number of aromatic nitrogens is 1. The summed E-state index contributed by atoms with van der Waals surface area (Å²) in [4.78, 5) is 23.4. The van der Waals surface area contributed by atoms with Gasteiger partial charge in [-0.25, -0.2) is 0 Å². The number of aliphatic hydroxyl groups is 1. The molecule has 0 aliphatic carbocycles. The van der Waals surface area contributed by atoms with Crippen molar-refractivity contribution >= 4 is 11.6 Å². The number of fused-ring (bicyclic) bond motifs is 1. The minimum Gasteiger partial charge on any atom is -0.488 e. The van der Waals surface area contributed by atoms with Gasteiger partial charge in [0.2, 0.25) is 5.91 Å². The molecule has 1 aliphatic heterocycles. The highest BCUT2D eigenvalue weighted by molar-refractivity contribution is 5.80. The minimum atomic E-state index is -0.237. The van der Waals surface area contributed by atoms with Crippen LogP contribution in [0.4, 0.5) is 5.69 Å². The Balaban J connectivity index is 1.89. The molecule has 7 heteroatoms. The fraction of sp³-hybridized carbons (Fsp3) is 0.520. The highest BCUT2D eigenvalue weighted by Crippen LogP contribution is 2.30. The lowest BCUT2D eigenvalue weighted by atomic mass is 10.0. The van der Waals surface area contributed by atoms with Crippen LogP contribution < -0.4 is 9.64 Å². The summed E-state index contributed by atoms with van der Waals surface area (Å²) in [5, 5.41) is 9.77. The molecule has 0 unspecified atom stereocenters. The van der Waals surface area contributed by atoms with Gasteiger partial charge in [0.15, 0.2) is 0 Å². The molecular formula is C25H36N4O3. The third-order valence-electron chi connectivity index (χ3n) is 6.11. The molecule has 0 saturated carbocycles. The van der Waals surface area contributed by atoms with Crippen molar-refractivity contribution < 1.29 is 14.6 Å². The van der Waals surface area contributed by atoms with Gasteiger partial charge in [-0.1, -0.05) is 6.92 Å². The Kier molecular flexibility index (Phi) is 8.10. The number of carbonyl (C=O) groups excluding carboxylic acids is 1. The van der Waals surface area contributed by atoms with Gasteiger partial charge in [0.05, 0.1) is 19.1 Å². The van der Waals surface area contributed by atoms with E-state index < -0.39 is 0 Å². The summed E-state index contributed by atoms with van der Waals surface area (Å²) in [6.45, 7) is 6.00. The largest absolute Gasteiger partial charge is 0.488 e. The number of hydrogen-bond donors (Lipinski definition) is 1. The average molecular weight is 441 g/mol. The fourth-order valence-electron chi connectivity index (χ4n) is 4.08. The van der Waals surface area contributed by atoms with E-state index >= 15 is 0 Å². The molecule has 0 saturated heterocycles. The maximum atomic E-state index is 13.2. The smallest absolute Gasteiger partial charge is 0.227 e. The molecule has 0 bridgehead atoms. The molecule has 174 valence electrons. The lowest BCUT2D eigenvalue weighted by Crippen LogP contribution is -2.47. The quantitative estimate of drug-likeness (QED) is 0.713. The molecule has 1 aliphatic rings. The van der Waals surface area contributed by atoms with E-state index in [0.717, 1.165) is 23.5 Å². The summed E-state index contributed by atoms with van der Waals surface area (Å²) in [6.07, 6.45) is 3.76. The lowest BCUT2D eigenvalue weighted by Gasteiger charge is -2.34. The summed E-state index contributed by atoms with van der Waals surface area (Å²) in [5.41, 5.74) is 3.10. The molecule has 1 aromatic heterocycles. The molecule has 1 amide bonds. The Hall–Kier alpha value is -2.64. The van der Waals surface area contributed by atoms with Crippen LogP contribution in [-0.4, -0.2) is 78.8 Å². The predicted octanol–water partition coefficient (Wildman–Crippen LogP) is 2.43. The number of rotatable bonds is 7. The SMILES string of the molecule is C[C@H]1CN([C@@H](C)CO)C(=O)Cc2cc(N(C)C)ccc2O[C@H]1CN(C)Cc1ccncc1. The number of aliphatic hydroxyl groups excluding tert-OH is 1. The molecule has 3 atom stereocenters. The highest BCUT2D eigenvalue weighted by atomic mass is 16.5. The Bertz CT molecular complexity index is 890. The number of benzene rings is 1. The molecule has 32 heavy (non-hydrogen) atoms. The van der Waals surface area contributed by atoms with Gasteiger partial charge in [-0.05, 0) is 49.9 Å². The Labute approximate surface area is 191 Å². The number of carbonyl (C=O) groups is 1. The summed E-state index contributed by atoms with van der Waals surface area (Å²) < 4.78 is 6.57. The van der Waals surface area contributed by atoms with Crippen molar-refractivity contribution in [2.75, 3.05) is 45.7 Å². The summed E-state index contributed by atoms with van der Waals surface area (Å²) in [7, 11) is 6.05. The van der Waals surface area contributed by atoms with Crippen molar-refractivity contribution in [1.29, 1.82) is 0 Å². The van der Waals surface area contributed by atoms with E-state index in [2.05, 4.69) is 23.9 Å². The monoisotopic (exact) mass is 440 g/mol. The Morgan fingerprint density at radius 2 is 1.94 bits per heavy atom. The number of nitrogens with zero attached hydrogens (tertiary/aromatic N) is 4. The second-order valence-electron chi connectivity index (χ2n) is 9.13. The topological polar surface area (TPSA) is 69.1 Å². The number of amides is 1. The first-order valence-corrected chi connectivity index (χ1v) is 11.2. The van der Waals surface area contributed by atoms with Crippen LogP contribution in [0.5, 0.6) is 5.75 Å². The van der Waals surface area contributed by atoms with Crippen LogP contribution in [0.1, 0.15) is 25.0 Å². The van der Waals surface area contributed by atoms with Gasteiger partial charge < -0.3 is 19.6 Å². The van der Waals surface area contributed by atoms with Gasteiger partial charge in [0.1, 0.15) is 11.9 Å². The fourth-order valence-corrected chi connectivity index (χ4v) is 4.08. The van der Waals surface area contributed by atoms with E-state index in [4.69, 9.17) is 4.74 Å². The first-order valence-electron chi connectivity index (χ1n) is 11.2. The molecule has 1 N–H and O–H groups in total. The first-order chi connectivity index (χ1) is 15.3. The van der Waals surface area contributed by atoms with Crippen molar-refractivity contribution in [3.05, 3.63) is 53.9 Å². The lowest BCUT2D eigenvalue weighted by molar-refractivity contribution is -0.134. The van der Waals surface area contributed by atoms with Gasteiger partial charge in [0.25, 0.3) is 0 Å². The van der Waals surface area contributed by atoms with E-state index in [9.17, 15) is 9.90 Å². The zero-order valence-corrected chi connectivity index (χ0v) is 19.9. The van der Waals surface area contributed by atoms with Crippen molar-refractivity contribution in [2.45, 2.75) is 39.0 Å². The third-order valence-corrected chi connectivity index (χ3v) is 6.11. The summed E-state index contributed by atoms with van der Waals surface area (Å²) in [6, 6.07) is 9.84. The van der Waals surface area contributed by atoms with Crippen LogP contribution in [0.2, 0.25) is 0 Å². The minimum absolute atomic E-state index is 0.0185. The Morgan fingerprint density at radius 3 is 2.59 bits per heavy atom. The summed E-state index contributed by atoms with van der Waals surface area (Å²) in [5.74, 6) is 0.869. The van der Waals surface area contributed by atoms with Crippen LogP contribution in [0.3, 0.4) is 0 Å². The molecule has 0 fully saturated rings. The average Bonchev–Trinajstić information content (AvgIpc) is 2.81. The maximum absolute atomic E-state index is 13.2. The maximum Gasteiger partial charge on any atom is 0.227 e.